The summed E-state index contributed by atoms with van der Waals surface area (Å²) in [4.78, 5) is 11.2. The molecule has 3 N–H and O–H groups in total. The summed E-state index contributed by atoms with van der Waals surface area (Å²) in [5, 5.41) is 19.1. The van der Waals surface area contributed by atoms with Gasteiger partial charge in [0.15, 0.2) is 0 Å². The summed E-state index contributed by atoms with van der Waals surface area (Å²) in [6, 6.07) is -1.41. The van der Waals surface area contributed by atoms with Crippen LogP contribution in [0.15, 0.2) is 23.5 Å². The van der Waals surface area contributed by atoms with Crippen molar-refractivity contribution in [2.45, 2.75) is 17.9 Å². The Morgan fingerprint density at radius 3 is 2.65 bits per heavy atom. The summed E-state index contributed by atoms with van der Waals surface area (Å²) in [5.41, 5.74) is 0.567. The highest BCUT2D eigenvalue weighted by Gasteiger charge is 2.29. The van der Waals surface area contributed by atoms with Gasteiger partial charge in [-0.1, -0.05) is 0 Å². The van der Waals surface area contributed by atoms with Crippen LogP contribution in [0.25, 0.3) is 0 Å². The van der Waals surface area contributed by atoms with Crippen molar-refractivity contribution in [2.24, 2.45) is 7.05 Å². The van der Waals surface area contributed by atoms with Crippen LogP contribution in [0, 0.1) is 6.92 Å². The molecule has 10 heteroatoms. The molecule has 0 bridgehead atoms. The fourth-order valence-corrected chi connectivity index (χ4v) is 2.99. The number of carboxylic acids is 1. The number of H-pyrrole nitrogens is 1. The number of aromatic nitrogens is 4. The summed E-state index contributed by atoms with van der Waals surface area (Å²) < 4.78 is 27.8. The van der Waals surface area contributed by atoms with Crippen LogP contribution in [0.3, 0.4) is 0 Å². The number of nitrogens with one attached hydrogen (secondary N) is 2. The first-order valence-corrected chi connectivity index (χ1v) is 7.03. The van der Waals surface area contributed by atoms with Crippen molar-refractivity contribution in [1.29, 1.82) is 0 Å². The van der Waals surface area contributed by atoms with E-state index in [4.69, 9.17) is 0 Å². The van der Waals surface area contributed by atoms with Gasteiger partial charge in [0.1, 0.15) is 10.9 Å². The Balaban J connectivity index is 2.34. The summed E-state index contributed by atoms with van der Waals surface area (Å²) in [7, 11) is -2.38. The van der Waals surface area contributed by atoms with Crippen molar-refractivity contribution in [2.75, 3.05) is 0 Å². The first-order valence-electron chi connectivity index (χ1n) is 5.55. The maximum absolute atomic E-state index is 12.1. The lowest BCUT2D eigenvalue weighted by Gasteiger charge is -2.12. The highest BCUT2D eigenvalue weighted by molar-refractivity contribution is 7.89. The lowest BCUT2D eigenvalue weighted by atomic mass is 10.2. The van der Waals surface area contributed by atoms with E-state index in [1.807, 2.05) is 0 Å². The number of aromatic amines is 1. The second-order valence-electron chi connectivity index (χ2n) is 4.20. The minimum Gasteiger partial charge on any atom is -0.480 e. The molecular weight excluding hydrogens is 286 g/mol. The smallest absolute Gasteiger partial charge is 0.326 e. The zero-order valence-electron chi connectivity index (χ0n) is 10.7. The monoisotopic (exact) mass is 299 g/mol. The molecule has 0 radical (unpaired) electrons. The van der Waals surface area contributed by atoms with E-state index >= 15 is 0 Å². The zero-order chi connectivity index (χ0) is 14.9. The van der Waals surface area contributed by atoms with E-state index in [0.717, 1.165) is 6.20 Å². The van der Waals surface area contributed by atoms with Crippen molar-refractivity contribution in [3.05, 3.63) is 29.8 Å². The van der Waals surface area contributed by atoms with E-state index in [-0.39, 0.29) is 10.5 Å². The number of rotatable bonds is 5. The molecule has 0 saturated heterocycles. The molecule has 9 nitrogen and oxygen atoms in total. The van der Waals surface area contributed by atoms with Crippen LogP contribution >= 0.6 is 0 Å². The number of carbonyl (C=O) groups is 1. The molecular formula is C10H13N5O4S. The predicted molar refractivity (Wildman–Crippen MR) is 67.2 cm³/mol. The number of hydrogen-bond donors (Lipinski definition) is 3. The first kappa shape index (κ1) is 14.2. The largest absolute Gasteiger partial charge is 0.480 e. The van der Waals surface area contributed by atoms with Crippen LogP contribution in [0.2, 0.25) is 0 Å². The molecule has 2 heterocycles. The number of aryl methyl sites for hydroxylation is 2. The van der Waals surface area contributed by atoms with Gasteiger partial charge < -0.3 is 5.11 Å². The van der Waals surface area contributed by atoms with Gasteiger partial charge in [-0.3, -0.25) is 14.6 Å². The molecule has 0 aliphatic rings. The third-order valence-corrected chi connectivity index (χ3v) is 4.19. The van der Waals surface area contributed by atoms with E-state index in [1.54, 1.807) is 7.05 Å². The molecule has 108 valence electrons. The van der Waals surface area contributed by atoms with Crippen molar-refractivity contribution in [3.8, 4) is 0 Å². The molecule has 0 aromatic carbocycles. The second kappa shape index (κ2) is 5.06. The van der Waals surface area contributed by atoms with Crippen molar-refractivity contribution in [1.82, 2.24) is 24.7 Å². The SMILES string of the molecule is Cc1[nH]ncc1S(=O)(=O)NC(C(=O)O)c1cnn(C)c1. The van der Waals surface area contributed by atoms with Gasteiger partial charge in [-0.25, -0.2) is 8.42 Å². The predicted octanol–water partition coefficient (Wildman–Crippen LogP) is -0.444. The molecule has 2 aromatic rings. The molecule has 0 amide bonds. The maximum Gasteiger partial charge on any atom is 0.326 e. The Morgan fingerprint density at radius 2 is 2.20 bits per heavy atom. The zero-order valence-corrected chi connectivity index (χ0v) is 11.5. The Kier molecular flexibility index (Phi) is 3.59. The summed E-state index contributed by atoms with van der Waals surface area (Å²) >= 11 is 0. The fourth-order valence-electron chi connectivity index (χ4n) is 1.68. The molecule has 1 atom stereocenters. The van der Waals surface area contributed by atoms with Gasteiger partial charge in [-0.05, 0) is 6.92 Å². The number of aliphatic carboxylic acids is 1. The van der Waals surface area contributed by atoms with Crippen molar-refractivity contribution in [3.63, 3.8) is 0 Å². The Hall–Kier alpha value is -2.20. The van der Waals surface area contributed by atoms with Crippen LogP contribution in [0.5, 0.6) is 0 Å². The van der Waals surface area contributed by atoms with Crippen molar-refractivity contribution < 1.29 is 18.3 Å². The summed E-state index contributed by atoms with van der Waals surface area (Å²) in [6.07, 6.45) is 3.85. The van der Waals surface area contributed by atoms with Gasteiger partial charge >= 0.3 is 5.97 Å². The highest BCUT2D eigenvalue weighted by Crippen LogP contribution is 2.18. The molecule has 0 aliphatic carbocycles. The minimum absolute atomic E-state index is 0.0901. The lowest BCUT2D eigenvalue weighted by molar-refractivity contribution is -0.139. The topological polar surface area (TPSA) is 130 Å². The van der Waals surface area contributed by atoms with Crippen LogP contribution < -0.4 is 4.72 Å². The van der Waals surface area contributed by atoms with E-state index in [1.165, 1.54) is 24.0 Å². The van der Waals surface area contributed by atoms with Crippen LogP contribution in [0.1, 0.15) is 17.3 Å². The second-order valence-corrected chi connectivity index (χ2v) is 5.88. The third-order valence-electron chi connectivity index (χ3n) is 2.65. The van der Waals surface area contributed by atoms with Crippen molar-refractivity contribution >= 4 is 16.0 Å². The highest BCUT2D eigenvalue weighted by atomic mass is 32.2. The van der Waals surface area contributed by atoms with Crippen LogP contribution in [-0.4, -0.2) is 39.5 Å². The molecule has 1 unspecified atom stereocenters. The summed E-state index contributed by atoms with van der Waals surface area (Å²) in [6.45, 7) is 1.53. The standard InChI is InChI=1S/C10H13N5O4S/c1-6-8(4-11-13-6)20(18,19)14-9(10(16)17)7-3-12-15(2)5-7/h3-5,9,14H,1-2H3,(H,11,13)(H,16,17). The molecule has 0 fully saturated rings. The van der Waals surface area contributed by atoms with E-state index < -0.39 is 22.0 Å². The molecule has 0 saturated carbocycles. The number of carboxylic acid groups (broad SMARTS) is 1. The van der Waals surface area contributed by atoms with Gasteiger partial charge in [0.2, 0.25) is 10.0 Å². The molecule has 0 spiro atoms. The van der Waals surface area contributed by atoms with Gasteiger partial charge in [0.25, 0.3) is 0 Å². The molecule has 0 aliphatic heterocycles. The molecule has 2 aromatic heterocycles. The maximum atomic E-state index is 12.1. The Labute approximate surface area is 114 Å². The molecule has 2 rings (SSSR count). The first-order chi connectivity index (χ1) is 9.31. The van der Waals surface area contributed by atoms with Gasteiger partial charge in [0, 0.05) is 18.8 Å². The summed E-state index contributed by atoms with van der Waals surface area (Å²) in [5.74, 6) is -1.32. The van der Waals surface area contributed by atoms with Crippen LogP contribution in [0.4, 0.5) is 0 Å². The molecule has 20 heavy (non-hydrogen) atoms. The number of sulfonamides is 1. The normalized spacial score (nSPS) is 13.3. The fraction of sp³-hybridized carbons (Fsp3) is 0.300. The van der Waals surface area contributed by atoms with E-state index in [9.17, 15) is 18.3 Å². The average Bonchev–Trinajstić information content (AvgIpc) is 2.95. The third kappa shape index (κ3) is 2.70. The van der Waals surface area contributed by atoms with Crippen LogP contribution in [-0.2, 0) is 21.9 Å². The van der Waals surface area contributed by atoms with E-state index in [0.29, 0.717) is 5.69 Å². The Morgan fingerprint density at radius 1 is 1.50 bits per heavy atom. The van der Waals surface area contributed by atoms with Gasteiger partial charge in [0.05, 0.1) is 18.1 Å². The Bertz CT molecular complexity index is 732. The minimum atomic E-state index is -3.99. The average molecular weight is 299 g/mol. The van der Waals surface area contributed by atoms with E-state index in [2.05, 4.69) is 20.0 Å². The van der Waals surface area contributed by atoms with Gasteiger partial charge in [-0.2, -0.15) is 14.9 Å². The lowest BCUT2D eigenvalue weighted by Crippen LogP contribution is -2.33. The quantitative estimate of drug-likeness (QED) is 0.686. The number of nitrogens with zero attached hydrogens (tertiary/aromatic N) is 3. The van der Waals surface area contributed by atoms with Gasteiger partial charge in [-0.15, -0.1) is 0 Å². The number of hydrogen-bond acceptors (Lipinski definition) is 5.